The van der Waals surface area contributed by atoms with Crippen molar-refractivity contribution in [1.82, 2.24) is 15.1 Å². The van der Waals surface area contributed by atoms with Gasteiger partial charge in [0.05, 0.1) is 23.9 Å². The van der Waals surface area contributed by atoms with Gasteiger partial charge in [0.15, 0.2) is 11.5 Å². The monoisotopic (exact) mass is 471 g/mol. The van der Waals surface area contributed by atoms with Crippen molar-refractivity contribution in [2.24, 2.45) is 5.92 Å². The van der Waals surface area contributed by atoms with E-state index in [-0.39, 0.29) is 11.5 Å². The Hall–Kier alpha value is -4.25. The van der Waals surface area contributed by atoms with Crippen molar-refractivity contribution in [3.05, 3.63) is 59.0 Å². The van der Waals surface area contributed by atoms with Crippen LogP contribution in [0.15, 0.2) is 42.2 Å². The first-order valence-electron chi connectivity index (χ1n) is 11.6. The van der Waals surface area contributed by atoms with E-state index in [1.54, 1.807) is 25.3 Å². The van der Waals surface area contributed by atoms with Crippen LogP contribution in [-0.4, -0.2) is 52.3 Å². The first-order valence-corrected chi connectivity index (χ1v) is 11.6. The summed E-state index contributed by atoms with van der Waals surface area (Å²) in [6.45, 7) is 1.15. The fraction of sp³-hybridized carbons (Fsp3) is 0.296. The number of ketones is 1. The largest absolute Gasteiger partial charge is 0.495 e. The Morgan fingerprint density at radius 2 is 2.09 bits per heavy atom. The number of methoxy groups -OCH3 is 1. The number of piperidine rings is 1. The number of ether oxygens (including phenoxy) is 2. The van der Waals surface area contributed by atoms with E-state index in [0.717, 1.165) is 30.2 Å². The van der Waals surface area contributed by atoms with Crippen LogP contribution in [0.4, 0.5) is 4.79 Å². The lowest BCUT2D eigenvalue weighted by molar-refractivity contribution is 0.101. The molecule has 0 spiro atoms. The predicted molar refractivity (Wildman–Crippen MR) is 130 cm³/mol. The van der Waals surface area contributed by atoms with Crippen LogP contribution in [0.5, 0.6) is 11.5 Å². The Balaban J connectivity index is 1.34. The van der Waals surface area contributed by atoms with Crippen molar-refractivity contribution in [1.29, 1.82) is 0 Å². The fourth-order valence-electron chi connectivity index (χ4n) is 4.58. The van der Waals surface area contributed by atoms with Gasteiger partial charge in [0.2, 0.25) is 5.78 Å². The molecule has 35 heavy (non-hydrogen) atoms. The molecular weight excluding hydrogens is 446 g/mol. The number of nitrogens with zero attached hydrogens (tertiary/aromatic N) is 2. The van der Waals surface area contributed by atoms with Crippen LogP contribution in [0.3, 0.4) is 0 Å². The van der Waals surface area contributed by atoms with Gasteiger partial charge in [-0.3, -0.25) is 9.89 Å². The summed E-state index contributed by atoms with van der Waals surface area (Å²) in [6, 6.07) is 11.1. The standard InChI is InChI=1S/C27H25N3O5/c1-34-23-11-10-20-25(31)24(16-22-18-7-4-5-9-21(18)28-29-22)35-26(20)19(23)8-3-2-6-17-12-14-30(15-13-17)27(32)33/h4-5,7,9-11,16-17H,2,6,12-15H2,1H3,(H,28,29)(H,32,33). The van der Waals surface area contributed by atoms with Crippen LogP contribution < -0.4 is 9.47 Å². The highest BCUT2D eigenvalue weighted by Crippen LogP contribution is 2.39. The second kappa shape index (κ2) is 9.55. The molecule has 2 aliphatic rings. The van der Waals surface area contributed by atoms with Gasteiger partial charge >= 0.3 is 6.09 Å². The minimum Gasteiger partial charge on any atom is -0.495 e. The van der Waals surface area contributed by atoms with Crippen LogP contribution in [-0.2, 0) is 0 Å². The Morgan fingerprint density at radius 3 is 2.86 bits per heavy atom. The fourth-order valence-corrected chi connectivity index (χ4v) is 4.58. The number of carbonyl (C=O) groups is 2. The molecule has 1 fully saturated rings. The predicted octanol–water partition coefficient (Wildman–Crippen LogP) is 4.71. The lowest BCUT2D eigenvalue weighted by Gasteiger charge is -2.29. The quantitative estimate of drug-likeness (QED) is 0.422. The smallest absolute Gasteiger partial charge is 0.407 e. The molecule has 0 atom stereocenters. The first-order chi connectivity index (χ1) is 17.0. The van der Waals surface area contributed by atoms with Gasteiger partial charge in [-0.25, -0.2) is 4.79 Å². The topological polar surface area (TPSA) is 105 Å². The highest BCUT2D eigenvalue weighted by atomic mass is 16.5. The van der Waals surface area contributed by atoms with E-state index in [1.165, 1.54) is 4.90 Å². The van der Waals surface area contributed by atoms with Crippen LogP contribution in [0, 0.1) is 17.8 Å². The number of hydrogen-bond acceptors (Lipinski definition) is 5. The summed E-state index contributed by atoms with van der Waals surface area (Å²) in [5.41, 5.74) is 2.51. The number of fused-ring (bicyclic) bond motifs is 2. The van der Waals surface area contributed by atoms with Gasteiger partial charge in [-0.05, 0) is 43.4 Å². The molecule has 178 valence electrons. The van der Waals surface area contributed by atoms with Crippen LogP contribution >= 0.6 is 0 Å². The zero-order valence-electron chi connectivity index (χ0n) is 19.3. The number of nitrogens with one attached hydrogen (secondary N) is 1. The third-order valence-corrected chi connectivity index (χ3v) is 6.56. The second-order valence-electron chi connectivity index (χ2n) is 8.67. The summed E-state index contributed by atoms with van der Waals surface area (Å²) < 4.78 is 11.5. The summed E-state index contributed by atoms with van der Waals surface area (Å²) in [4.78, 5) is 25.6. The van der Waals surface area contributed by atoms with Gasteiger partial charge in [0.1, 0.15) is 11.3 Å². The normalized spacial score (nSPS) is 16.7. The van der Waals surface area contributed by atoms with Crippen molar-refractivity contribution in [3.63, 3.8) is 0 Å². The van der Waals surface area contributed by atoms with Crippen LogP contribution in [0.2, 0.25) is 0 Å². The number of aromatic amines is 1. The summed E-state index contributed by atoms with van der Waals surface area (Å²) in [5, 5.41) is 17.3. The molecule has 3 aromatic rings. The van der Waals surface area contributed by atoms with Gasteiger partial charge in [-0.1, -0.05) is 30.0 Å². The number of rotatable bonds is 4. The molecule has 8 heteroatoms. The number of hydrogen-bond donors (Lipinski definition) is 2. The zero-order chi connectivity index (χ0) is 24.4. The van der Waals surface area contributed by atoms with E-state index in [0.29, 0.717) is 53.7 Å². The first kappa shape index (κ1) is 22.5. The van der Waals surface area contributed by atoms with Gasteiger partial charge in [0, 0.05) is 31.0 Å². The van der Waals surface area contributed by atoms with Crippen molar-refractivity contribution >= 4 is 28.9 Å². The Bertz CT molecular complexity index is 1390. The molecule has 2 aliphatic heterocycles. The molecule has 3 heterocycles. The molecule has 2 aromatic carbocycles. The highest BCUT2D eigenvalue weighted by Gasteiger charge is 2.31. The molecule has 0 unspecified atom stereocenters. The molecule has 8 nitrogen and oxygen atoms in total. The summed E-state index contributed by atoms with van der Waals surface area (Å²) in [6.07, 6.45) is 4.07. The maximum absolute atomic E-state index is 13.1. The molecule has 2 N–H and O–H groups in total. The van der Waals surface area contributed by atoms with Gasteiger partial charge < -0.3 is 19.5 Å². The number of para-hydroxylation sites is 1. The van der Waals surface area contributed by atoms with Crippen molar-refractivity contribution < 1.29 is 24.2 Å². The summed E-state index contributed by atoms with van der Waals surface area (Å²) in [7, 11) is 1.56. The second-order valence-corrected chi connectivity index (χ2v) is 8.67. The molecule has 0 bridgehead atoms. The number of carboxylic acid groups (broad SMARTS) is 1. The molecule has 0 saturated carbocycles. The van der Waals surface area contributed by atoms with Crippen LogP contribution in [0.1, 0.15) is 47.3 Å². The Kier molecular flexibility index (Phi) is 6.15. The van der Waals surface area contributed by atoms with E-state index in [4.69, 9.17) is 14.6 Å². The highest BCUT2D eigenvalue weighted by molar-refractivity contribution is 6.15. The number of Topliss-reactive ketones (excluding diaryl/α,β-unsaturated/α-hetero) is 1. The third kappa shape index (κ3) is 4.45. The molecule has 5 rings (SSSR count). The lowest BCUT2D eigenvalue weighted by atomic mass is 9.92. The summed E-state index contributed by atoms with van der Waals surface area (Å²) in [5.74, 6) is 7.74. The average molecular weight is 472 g/mol. The third-order valence-electron chi connectivity index (χ3n) is 6.56. The van der Waals surface area contributed by atoms with E-state index < -0.39 is 6.09 Å². The Morgan fingerprint density at radius 1 is 1.29 bits per heavy atom. The number of amides is 1. The van der Waals surface area contributed by atoms with Crippen molar-refractivity contribution in [2.75, 3.05) is 20.2 Å². The number of aromatic nitrogens is 2. The molecular formula is C27H25N3O5. The SMILES string of the molecule is COc1ccc2c(c1C#CCCC1CCN(C(=O)O)CC1)OC(=Cc1n[nH]c3ccccc13)C2=O. The Labute approximate surface area is 202 Å². The summed E-state index contributed by atoms with van der Waals surface area (Å²) >= 11 is 0. The van der Waals surface area contributed by atoms with Gasteiger partial charge in [-0.2, -0.15) is 5.10 Å². The molecule has 1 saturated heterocycles. The maximum Gasteiger partial charge on any atom is 0.407 e. The van der Waals surface area contributed by atoms with Crippen molar-refractivity contribution in [2.45, 2.75) is 25.7 Å². The number of likely N-dealkylation sites (tertiary alicyclic amines) is 1. The van der Waals surface area contributed by atoms with Crippen molar-refractivity contribution in [3.8, 4) is 23.3 Å². The van der Waals surface area contributed by atoms with E-state index >= 15 is 0 Å². The zero-order valence-corrected chi connectivity index (χ0v) is 19.3. The van der Waals surface area contributed by atoms with Crippen LogP contribution in [0.25, 0.3) is 17.0 Å². The molecule has 1 aromatic heterocycles. The number of carbonyl (C=O) groups excluding carboxylic acids is 1. The van der Waals surface area contributed by atoms with Gasteiger partial charge in [-0.15, -0.1) is 0 Å². The molecule has 0 radical (unpaired) electrons. The average Bonchev–Trinajstić information content (AvgIpc) is 3.43. The van der Waals surface area contributed by atoms with E-state index in [2.05, 4.69) is 22.0 Å². The van der Waals surface area contributed by atoms with Gasteiger partial charge in [0.25, 0.3) is 0 Å². The number of H-pyrrole nitrogens is 1. The van der Waals surface area contributed by atoms with E-state index in [1.807, 2.05) is 24.3 Å². The number of benzene rings is 2. The number of allylic oxidation sites excluding steroid dienone is 1. The minimum atomic E-state index is -0.850. The maximum atomic E-state index is 13.1. The lowest BCUT2D eigenvalue weighted by Crippen LogP contribution is -2.37. The van der Waals surface area contributed by atoms with E-state index in [9.17, 15) is 9.59 Å². The molecule has 1 amide bonds. The molecule has 0 aliphatic carbocycles. The minimum absolute atomic E-state index is 0.193.